The fourth-order valence-electron chi connectivity index (χ4n) is 4.41. The van der Waals surface area contributed by atoms with Crippen LogP contribution in [0.2, 0.25) is 0 Å². The molecule has 0 aromatic heterocycles. The summed E-state index contributed by atoms with van der Waals surface area (Å²) in [5.74, 6) is -0.424. The standard InChI is InChI=1S/C23H22FNO3/c1-13-3-8-18(15-4-6-16(24)7-5-15)14(2)19(13)20-21(27)23(25-22(20)28)11-9-17(26)10-12-23/h3-8,27H,9-12H2,1-2H3,(H,25,28). The number of hydrogen-bond acceptors (Lipinski definition) is 3. The molecule has 1 spiro atoms. The van der Waals surface area contributed by atoms with Crippen molar-refractivity contribution >= 4 is 17.3 Å². The number of nitrogens with one attached hydrogen (secondary N) is 1. The smallest absolute Gasteiger partial charge is 0.256 e. The Balaban J connectivity index is 1.85. The van der Waals surface area contributed by atoms with Crippen molar-refractivity contribution in [3.8, 4) is 11.1 Å². The molecule has 2 aliphatic rings. The van der Waals surface area contributed by atoms with Gasteiger partial charge >= 0.3 is 0 Å². The molecule has 1 saturated carbocycles. The van der Waals surface area contributed by atoms with E-state index in [4.69, 9.17) is 0 Å². The maximum Gasteiger partial charge on any atom is 0.256 e. The van der Waals surface area contributed by atoms with Crippen LogP contribution in [0.25, 0.3) is 16.7 Å². The summed E-state index contributed by atoms with van der Waals surface area (Å²) >= 11 is 0. The van der Waals surface area contributed by atoms with Gasteiger partial charge in [0.1, 0.15) is 17.4 Å². The summed E-state index contributed by atoms with van der Waals surface area (Å²) in [7, 11) is 0. The first kappa shape index (κ1) is 18.4. The van der Waals surface area contributed by atoms with Gasteiger partial charge in [-0.2, -0.15) is 0 Å². The van der Waals surface area contributed by atoms with Crippen molar-refractivity contribution < 1.29 is 19.1 Å². The third-order valence-corrected chi connectivity index (χ3v) is 6.01. The molecule has 4 rings (SSSR count). The van der Waals surface area contributed by atoms with Crippen molar-refractivity contribution in [1.82, 2.24) is 5.32 Å². The monoisotopic (exact) mass is 379 g/mol. The predicted octanol–water partition coefficient (Wildman–Crippen LogP) is 4.39. The molecule has 2 aromatic rings. The molecule has 1 aliphatic carbocycles. The van der Waals surface area contributed by atoms with Crippen LogP contribution in [0.4, 0.5) is 4.39 Å². The zero-order chi connectivity index (χ0) is 20.1. The van der Waals surface area contributed by atoms with E-state index in [1.165, 1.54) is 12.1 Å². The van der Waals surface area contributed by atoms with E-state index in [2.05, 4.69) is 5.32 Å². The molecule has 0 saturated heterocycles. The van der Waals surface area contributed by atoms with E-state index in [-0.39, 0.29) is 28.8 Å². The van der Waals surface area contributed by atoms with Crippen molar-refractivity contribution in [2.45, 2.75) is 45.1 Å². The van der Waals surface area contributed by atoms with Crippen molar-refractivity contribution in [3.63, 3.8) is 0 Å². The molecular formula is C23H22FNO3. The van der Waals surface area contributed by atoms with Gasteiger partial charge in [0.25, 0.3) is 5.91 Å². The quantitative estimate of drug-likeness (QED) is 0.813. The molecule has 2 N–H and O–H groups in total. The Morgan fingerprint density at radius 3 is 2.29 bits per heavy atom. The maximum atomic E-state index is 13.3. The lowest BCUT2D eigenvalue weighted by molar-refractivity contribution is -0.123. The highest BCUT2D eigenvalue weighted by atomic mass is 19.1. The number of aliphatic hydroxyl groups is 1. The molecule has 5 heteroatoms. The van der Waals surface area contributed by atoms with Crippen molar-refractivity contribution in [1.29, 1.82) is 0 Å². The normalized spacial score (nSPS) is 18.7. The van der Waals surface area contributed by atoms with Crippen LogP contribution in [-0.2, 0) is 9.59 Å². The molecule has 28 heavy (non-hydrogen) atoms. The van der Waals surface area contributed by atoms with Gasteiger partial charge in [-0.1, -0.05) is 24.3 Å². The predicted molar refractivity (Wildman–Crippen MR) is 105 cm³/mol. The van der Waals surface area contributed by atoms with E-state index in [1.807, 2.05) is 26.0 Å². The molecule has 0 bridgehead atoms. The summed E-state index contributed by atoms with van der Waals surface area (Å²) in [6.45, 7) is 3.81. The maximum absolute atomic E-state index is 13.3. The lowest BCUT2D eigenvalue weighted by atomic mass is 9.79. The van der Waals surface area contributed by atoms with E-state index >= 15 is 0 Å². The molecule has 1 amide bonds. The number of aliphatic hydroxyl groups excluding tert-OH is 1. The van der Waals surface area contributed by atoms with Gasteiger partial charge in [0.2, 0.25) is 0 Å². The van der Waals surface area contributed by atoms with Gasteiger partial charge in [-0.15, -0.1) is 0 Å². The van der Waals surface area contributed by atoms with Crippen molar-refractivity contribution in [2.24, 2.45) is 0 Å². The fraction of sp³-hybridized carbons (Fsp3) is 0.304. The fourth-order valence-corrected chi connectivity index (χ4v) is 4.41. The number of Topliss-reactive ketones (excluding diaryl/α,β-unsaturated/α-hetero) is 1. The van der Waals surface area contributed by atoms with Crippen LogP contribution in [0.1, 0.15) is 42.4 Å². The van der Waals surface area contributed by atoms with Crippen LogP contribution in [0.3, 0.4) is 0 Å². The number of hydrogen-bond donors (Lipinski definition) is 2. The highest BCUT2D eigenvalue weighted by molar-refractivity contribution is 6.24. The molecule has 0 atom stereocenters. The lowest BCUT2D eigenvalue weighted by Gasteiger charge is -2.32. The molecule has 1 heterocycles. The Morgan fingerprint density at radius 2 is 1.64 bits per heavy atom. The van der Waals surface area contributed by atoms with Gasteiger partial charge in [0.05, 0.1) is 11.1 Å². The average molecular weight is 379 g/mol. The number of amides is 1. The van der Waals surface area contributed by atoms with Crippen LogP contribution in [0.15, 0.2) is 42.2 Å². The van der Waals surface area contributed by atoms with Crippen molar-refractivity contribution in [2.75, 3.05) is 0 Å². The highest BCUT2D eigenvalue weighted by Crippen LogP contribution is 2.43. The summed E-state index contributed by atoms with van der Waals surface area (Å²) in [5, 5.41) is 14.0. The number of carbonyl (C=O) groups is 2. The molecule has 2 aromatic carbocycles. The summed E-state index contributed by atoms with van der Waals surface area (Å²) in [5.41, 5.74) is 3.60. The largest absolute Gasteiger partial charge is 0.509 e. The Morgan fingerprint density at radius 1 is 1.00 bits per heavy atom. The summed E-state index contributed by atoms with van der Waals surface area (Å²) in [6, 6.07) is 10.1. The number of ketones is 1. The number of halogens is 1. The third kappa shape index (κ3) is 2.82. The first-order valence-electron chi connectivity index (χ1n) is 9.47. The molecule has 1 fully saturated rings. The van der Waals surface area contributed by atoms with Gasteiger partial charge in [0, 0.05) is 12.8 Å². The van der Waals surface area contributed by atoms with E-state index in [0.717, 1.165) is 22.3 Å². The lowest BCUT2D eigenvalue weighted by Crippen LogP contribution is -2.47. The number of carbonyl (C=O) groups excluding carboxylic acids is 2. The van der Waals surface area contributed by atoms with Gasteiger partial charge in [0.15, 0.2) is 0 Å². The van der Waals surface area contributed by atoms with Gasteiger partial charge in [-0.3, -0.25) is 9.59 Å². The van der Waals surface area contributed by atoms with Crippen LogP contribution in [-0.4, -0.2) is 22.3 Å². The summed E-state index contributed by atoms with van der Waals surface area (Å²) in [6.07, 6.45) is 1.54. The molecule has 144 valence electrons. The molecule has 0 unspecified atom stereocenters. The van der Waals surface area contributed by atoms with Gasteiger partial charge in [-0.05, 0) is 66.6 Å². The Bertz CT molecular complexity index is 1010. The minimum Gasteiger partial charge on any atom is -0.509 e. The zero-order valence-electron chi connectivity index (χ0n) is 15.9. The summed E-state index contributed by atoms with van der Waals surface area (Å²) < 4.78 is 13.3. The van der Waals surface area contributed by atoms with Gasteiger partial charge < -0.3 is 10.4 Å². The van der Waals surface area contributed by atoms with Gasteiger partial charge in [-0.25, -0.2) is 4.39 Å². The second-order valence-corrected chi connectivity index (χ2v) is 7.74. The minimum absolute atomic E-state index is 0.0347. The first-order chi connectivity index (χ1) is 13.3. The second-order valence-electron chi connectivity index (χ2n) is 7.74. The molecule has 4 nitrogen and oxygen atoms in total. The summed E-state index contributed by atoms with van der Waals surface area (Å²) in [4.78, 5) is 24.5. The third-order valence-electron chi connectivity index (χ3n) is 6.01. The highest BCUT2D eigenvalue weighted by Gasteiger charge is 2.48. The Kier molecular flexibility index (Phi) is 4.33. The Hall–Kier alpha value is -2.95. The first-order valence-corrected chi connectivity index (χ1v) is 9.47. The van der Waals surface area contributed by atoms with E-state index in [1.54, 1.807) is 12.1 Å². The minimum atomic E-state index is -0.842. The Labute approximate surface area is 163 Å². The molecule has 1 aliphatic heterocycles. The SMILES string of the molecule is Cc1ccc(-c2ccc(F)cc2)c(C)c1C1=C(O)C2(CCC(=O)CC2)NC1=O. The van der Waals surface area contributed by atoms with Crippen LogP contribution in [0, 0.1) is 19.7 Å². The van der Waals surface area contributed by atoms with E-state index in [9.17, 15) is 19.1 Å². The number of rotatable bonds is 2. The zero-order valence-corrected chi connectivity index (χ0v) is 15.9. The number of aryl methyl sites for hydroxylation is 1. The van der Waals surface area contributed by atoms with E-state index in [0.29, 0.717) is 31.2 Å². The van der Waals surface area contributed by atoms with Crippen LogP contribution >= 0.6 is 0 Å². The van der Waals surface area contributed by atoms with Crippen LogP contribution < -0.4 is 5.32 Å². The average Bonchev–Trinajstić information content (AvgIpc) is 2.90. The molecular weight excluding hydrogens is 357 g/mol. The van der Waals surface area contributed by atoms with Crippen molar-refractivity contribution in [3.05, 3.63) is 64.7 Å². The topological polar surface area (TPSA) is 66.4 Å². The second kappa shape index (κ2) is 6.59. The van der Waals surface area contributed by atoms with Crippen LogP contribution in [0.5, 0.6) is 0 Å². The van der Waals surface area contributed by atoms with E-state index < -0.39 is 5.54 Å². The molecule has 0 radical (unpaired) electrons. The number of benzene rings is 2.